The Kier molecular flexibility index (Phi) is 3.17. The minimum Gasteiger partial charge on any atom is -0.392 e. The number of fused-ring (bicyclic) bond motifs is 1. The van der Waals surface area contributed by atoms with Gasteiger partial charge in [-0.1, -0.05) is 24.3 Å². The predicted molar refractivity (Wildman–Crippen MR) is 67.1 cm³/mol. The van der Waals surface area contributed by atoms with Crippen LogP contribution in [0.1, 0.15) is 36.3 Å². The highest BCUT2D eigenvalue weighted by atomic mass is 16.5. The smallest absolute Gasteiger partial charge is 0.0614 e. The van der Waals surface area contributed by atoms with E-state index in [-0.39, 0.29) is 6.10 Å². The number of hydrogen-bond acceptors (Lipinski definition) is 2. The topological polar surface area (TPSA) is 29.5 Å². The van der Waals surface area contributed by atoms with E-state index >= 15 is 0 Å². The fourth-order valence-corrected chi connectivity index (χ4v) is 3.13. The zero-order chi connectivity index (χ0) is 11.7. The molecule has 1 heterocycles. The van der Waals surface area contributed by atoms with Gasteiger partial charge in [0.2, 0.25) is 0 Å². The monoisotopic (exact) mass is 232 g/mol. The lowest BCUT2D eigenvalue weighted by atomic mass is 9.72. The maximum Gasteiger partial charge on any atom is 0.0614 e. The van der Waals surface area contributed by atoms with E-state index in [0.717, 1.165) is 38.9 Å². The molecule has 0 saturated carbocycles. The molecule has 92 valence electrons. The van der Waals surface area contributed by atoms with Crippen LogP contribution in [0.25, 0.3) is 0 Å². The molecule has 2 heteroatoms. The molecule has 1 aliphatic carbocycles. The Morgan fingerprint density at radius 3 is 2.76 bits per heavy atom. The van der Waals surface area contributed by atoms with E-state index in [1.807, 2.05) is 0 Å². The van der Waals surface area contributed by atoms with E-state index in [4.69, 9.17) is 4.74 Å². The summed E-state index contributed by atoms with van der Waals surface area (Å²) in [5.41, 5.74) is 2.79. The quantitative estimate of drug-likeness (QED) is 0.867. The summed E-state index contributed by atoms with van der Waals surface area (Å²) in [5.74, 6) is 1.04. The van der Waals surface area contributed by atoms with Gasteiger partial charge in [0.25, 0.3) is 0 Å². The first kappa shape index (κ1) is 11.2. The standard InChI is InChI=1S/C15H20O2/c16-15(9-11-5-7-17-8-6-11)14-10-12-3-1-2-4-13(12)14/h1-4,11,14-16H,5-10H2. The van der Waals surface area contributed by atoms with Crippen LogP contribution in [0.3, 0.4) is 0 Å². The van der Waals surface area contributed by atoms with Crippen molar-refractivity contribution in [3.05, 3.63) is 35.4 Å². The molecule has 1 aromatic carbocycles. The highest BCUT2D eigenvalue weighted by molar-refractivity contribution is 5.40. The number of aliphatic hydroxyl groups is 1. The highest BCUT2D eigenvalue weighted by Crippen LogP contribution is 2.39. The molecule has 1 saturated heterocycles. The molecule has 0 amide bonds. The molecule has 2 nitrogen and oxygen atoms in total. The van der Waals surface area contributed by atoms with Gasteiger partial charge in [-0.25, -0.2) is 0 Å². The van der Waals surface area contributed by atoms with Crippen molar-refractivity contribution in [3.8, 4) is 0 Å². The van der Waals surface area contributed by atoms with Gasteiger partial charge in [-0.15, -0.1) is 0 Å². The highest BCUT2D eigenvalue weighted by Gasteiger charge is 2.33. The lowest BCUT2D eigenvalue weighted by Gasteiger charge is -2.36. The van der Waals surface area contributed by atoms with Crippen molar-refractivity contribution in [2.24, 2.45) is 5.92 Å². The summed E-state index contributed by atoms with van der Waals surface area (Å²) in [7, 11) is 0. The zero-order valence-electron chi connectivity index (χ0n) is 10.1. The normalized spacial score (nSPS) is 26.1. The third kappa shape index (κ3) is 2.24. The van der Waals surface area contributed by atoms with Gasteiger partial charge in [0.05, 0.1) is 6.10 Å². The van der Waals surface area contributed by atoms with E-state index in [0.29, 0.717) is 11.8 Å². The maximum atomic E-state index is 10.3. The Hall–Kier alpha value is -0.860. The molecule has 0 aromatic heterocycles. The first-order valence-corrected chi connectivity index (χ1v) is 6.68. The van der Waals surface area contributed by atoms with Gasteiger partial charge in [0.15, 0.2) is 0 Å². The van der Waals surface area contributed by atoms with Crippen LogP contribution in [0.2, 0.25) is 0 Å². The van der Waals surface area contributed by atoms with Crippen molar-refractivity contribution < 1.29 is 9.84 Å². The van der Waals surface area contributed by atoms with E-state index < -0.39 is 0 Å². The minimum atomic E-state index is -0.159. The first-order chi connectivity index (χ1) is 8.34. The lowest BCUT2D eigenvalue weighted by molar-refractivity contribution is 0.0353. The largest absolute Gasteiger partial charge is 0.392 e. The third-order valence-corrected chi connectivity index (χ3v) is 4.27. The van der Waals surface area contributed by atoms with Crippen molar-refractivity contribution in [2.75, 3.05) is 13.2 Å². The van der Waals surface area contributed by atoms with Gasteiger partial charge in [-0.3, -0.25) is 0 Å². The number of aliphatic hydroxyl groups excluding tert-OH is 1. The summed E-state index contributed by atoms with van der Waals surface area (Å²) < 4.78 is 5.36. The van der Waals surface area contributed by atoms with Crippen molar-refractivity contribution >= 4 is 0 Å². The molecular weight excluding hydrogens is 212 g/mol. The fourth-order valence-electron chi connectivity index (χ4n) is 3.13. The molecule has 3 rings (SSSR count). The zero-order valence-corrected chi connectivity index (χ0v) is 10.1. The molecule has 0 radical (unpaired) electrons. The molecule has 1 aliphatic heterocycles. The average molecular weight is 232 g/mol. The van der Waals surface area contributed by atoms with E-state index in [1.54, 1.807) is 0 Å². The van der Waals surface area contributed by atoms with E-state index in [1.165, 1.54) is 11.1 Å². The van der Waals surface area contributed by atoms with Crippen LogP contribution < -0.4 is 0 Å². The minimum absolute atomic E-state index is 0.159. The molecule has 0 bridgehead atoms. The summed E-state index contributed by atoms with van der Waals surface area (Å²) >= 11 is 0. The second-order valence-corrected chi connectivity index (χ2v) is 5.37. The Balaban J connectivity index is 1.59. The molecule has 2 unspecified atom stereocenters. The molecule has 0 spiro atoms. The average Bonchev–Trinajstić information content (AvgIpc) is 2.32. The van der Waals surface area contributed by atoms with E-state index in [9.17, 15) is 5.11 Å². The molecule has 1 fully saturated rings. The van der Waals surface area contributed by atoms with Crippen LogP contribution in [0, 0.1) is 5.92 Å². The predicted octanol–water partition coefficient (Wildman–Crippen LogP) is 2.50. The number of ether oxygens (including phenoxy) is 1. The molecular formula is C15H20O2. The van der Waals surface area contributed by atoms with Crippen molar-refractivity contribution in [1.82, 2.24) is 0 Å². The SMILES string of the molecule is OC(CC1CCOCC1)C1Cc2ccccc21. The number of benzene rings is 1. The summed E-state index contributed by atoms with van der Waals surface area (Å²) in [4.78, 5) is 0. The Labute approximate surface area is 103 Å². The second kappa shape index (κ2) is 4.79. The van der Waals surface area contributed by atoms with Gasteiger partial charge >= 0.3 is 0 Å². The number of hydrogen-bond donors (Lipinski definition) is 1. The lowest BCUT2D eigenvalue weighted by Crippen LogP contribution is -2.31. The van der Waals surface area contributed by atoms with Gasteiger partial charge in [-0.05, 0) is 42.7 Å². The van der Waals surface area contributed by atoms with Crippen LogP contribution in [0.5, 0.6) is 0 Å². The molecule has 17 heavy (non-hydrogen) atoms. The van der Waals surface area contributed by atoms with Crippen molar-refractivity contribution in [3.63, 3.8) is 0 Å². The molecule has 1 N–H and O–H groups in total. The maximum absolute atomic E-state index is 10.3. The number of rotatable bonds is 3. The van der Waals surface area contributed by atoms with Crippen LogP contribution >= 0.6 is 0 Å². The van der Waals surface area contributed by atoms with Crippen molar-refractivity contribution in [2.45, 2.75) is 37.7 Å². The van der Waals surface area contributed by atoms with E-state index in [2.05, 4.69) is 24.3 Å². The fraction of sp³-hybridized carbons (Fsp3) is 0.600. The summed E-state index contributed by atoms with van der Waals surface area (Å²) in [6.07, 6.45) is 4.08. The van der Waals surface area contributed by atoms with Gasteiger partial charge in [0, 0.05) is 19.1 Å². The van der Waals surface area contributed by atoms with Crippen molar-refractivity contribution in [1.29, 1.82) is 0 Å². The summed E-state index contributed by atoms with van der Waals surface area (Å²) in [6, 6.07) is 8.50. The van der Waals surface area contributed by atoms with Gasteiger partial charge in [0.1, 0.15) is 0 Å². The summed E-state index contributed by atoms with van der Waals surface area (Å²) in [6.45, 7) is 1.75. The summed E-state index contributed by atoms with van der Waals surface area (Å²) in [5, 5.41) is 10.3. The van der Waals surface area contributed by atoms with Crippen LogP contribution in [0.15, 0.2) is 24.3 Å². The second-order valence-electron chi connectivity index (χ2n) is 5.37. The van der Waals surface area contributed by atoms with Crippen LogP contribution in [-0.2, 0) is 11.2 Å². The third-order valence-electron chi connectivity index (χ3n) is 4.27. The van der Waals surface area contributed by atoms with Crippen LogP contribution in [0.4, 0.5) is 0 Å². The van der Waals surface area contributed by atoms with Gasteiger partial charge in [-0.2, -0.15) is 0 Å². The Morgan fingerprint density at radius 2 is 2.00 bits per heavy atom. The Morgan fingerprint density at radius 1 is 1.24 bits per heavy atom. The first-order valence-electron chi connectivity index (χ1n) is 6.68. The molecule has 1 aromatic rings. The van der Waals surface area contributed by atoms with Crippen LogP contribution in [-0.4, -0.2) is 24.4 Å². The Bertz CT molecular complexity index is 382. The van der Waals surface area contributed by atoms with Gasteiger partial charge < -0.3 is 9.84 Å². The molecule has 2 atom stereocenters. The molecule has 2 aliphatic rings.